The van der Waals surface area contributed by atoms with Crippen molar-refractivity contribution in [2.24, 2.45) is 5.14 Å². The number of carbonyl (C=O) groups excluding carboxylic acids is 2. The predicted octanol–water partition coefficient (Wildman–Crippen LogP) is 3.36. The molecule has 2 rings (SSSR count). The lowest BCUT2D eigenvalue weighted by atomic mass is 10.2. The summed E-state index contributed by atoms with van der Waals surface area (Å²) in [5.74, 6) is -0.754. The molecule has 1 atom stereocenters. The highest BCUT2D eigenvalue weighted by Crippen LogP contribution is 2.37. The fourth-order valence-electron chi connectivity index (χ4n) is 2.55. The molecule has 32 heavy (non-hydrogen) atoms. The Balaban J connectivity index is 2.09. The van der Waals surface area contributed by atoms with Gasteiger partial charge in [-0.3, -0.25) is 4.79 Å². The lowest BCUT2D eigenvalue weighted by Gasteiger charge is -2.16. The standard InChI is InChI=1S/C21H25ClN2O7S/c1-4-10-30-19-17(22)11-14(12-18(19)29-5-2)21(26)31-13(3)20(25)24-15-6-8-16(9-7-15)32(23,27)28/h6-9,11-13H,4-5,10H2,1-3H3,(H,24,25)(H2,23,27,28). The summed E-state index contributed by atoms with van der Waals surface area (Å²) >= 11 is 6.26. The number of hydrogen-bond acceptors (Lipinski definition) is 7. The molecule has 0 saturated heterocycles. The molecule has 3 N–H and O–H groups in total. The monoisotopic (exact) mass is 484 g/mol. The molecule has 1 amide bonds. The van der Waals surface area contributed by atoms with Gasteiger partial charge in [-0.1, -0.05) is 18.5 Å². The number of ether oxygens (including phenoxy) is 3. The van der Waals surface area contributed by atoms with Crippen LogP contribution < -0.4 is 19.9 Å². The van der Waals surface area contributed by atoms with Gasteiger partial charge in [0.2, 0.25) is 10.0 Å². The third-order valence-corrected chi connectivity index (χ3v) is 5.31. The molecule has 0 aromatic heterocycles. The Morgan fingerprint density at radius 1 is 1.12 bits per heavy atom. The van der Waals surface area contributed by atoms with E-state index in [-0.39, 0.29) is 15.5 Å². The molecule has 2 aromatic rings. The molecule has 0 spiro atoms. The maximum atomic E-state index is 12.6. The van der Waals surface area contributed by atoms with Crippen LogP contribution in [0.15, 0.2) is 41.3 Å². The van der Waals surface area contributed by atoms with Crippen LogP contribution in [0.25, 0.3) is 0 Å². The van der Waals surface area contributed by atoms with E-state index in [0.29, 0.717) is 30.4 Å². The molecule has 0 bridgehead atoms. The summed E-state index contributed by atoms with van der Waals surface area (Å²) in [6, 6.07) is 8.07. The van der Waals surface area contributed by atoms with Crippen LogP contribution in [0.2, 0.25) is 5.02 Å². The molecule has 0 fully saturated rings. The Morgan fingerprint density at radius 3 is 2.34 bits per heavy atom. The van der Waals surface area contributed by atoms with E-state index in [1.165, 1.54) is 43.3 Å². The Kier molecular flexibility index (Phi) is 8.88. The molecule has 11 heteroatoms. The lowest BCUT2D eigenvalue weighted by Crippen LogP contribution is -2.30. The Labute approximate surface area is 191 Å². The Hall–Kier alpha value is -2.82. The van der Waals surface area contributed by atoms with Crippen molar-refractivity contribution in [3.8, 4) is 11.5 Å². The van der Waals surface area contributed by atoms with Gasteiger partial charge in [-0.05, 0) is 56.7 Å². The predicted molar refractivity (Wildman–Crippen MR) is 120 cm³/mol. The minimum Gasteiger partial charge on any atom is -0.490 e. The second-order valence-electron chi connectivity index (χ2n) is 6.67. The van der Waals surface area contributed by atoms with Crippen LogP contribution in [0.4, 0.5) is 5.69 Å². The zero-order chi connectivity index (χ0) is 23.9. The first-order valence-electron chi connectivity index (χ1n) is 9.80. The summed E-state index contributed by atoms with van der Waals surface area (Å²) in [6.45, 7) is 5.89. The van der Waals surface area contributed by atoms with Crippen molar-refractivity contribution < 1.29 is 32.2 Å². The summed E-state index contributed by atoms with van der Waals surface area (Å²) < 4.78 is 39.0. The zero-order valence-corrected chi connectivity index (χ0v) is 19.5. The van der Waals surface area contributed by atoms with Crippen LogP contribution in [-0.2, 0) is 19.6 Å². The van der Waals surface area contributed by atoms with Crippen LogP contribution in [0, 0.1) is 0 Å². The van der Waals surface area contributed by atoms with E-state index in [1.807, 2.05) is 6.92 Å². The highest BCUT2D eigenvalue weighted by Gasteiger charge is 2.22. The number of anilines is 1. The summed E-state index contributed by atoms with van der Waals surface area (Å²) in [5.41, 5.74) is 0.406. The van der Waals surface area contributed by atoms with E-state index in [0.717, 1.165) is 6.42 Å². The topological polar surface area (TPSA) is 134 Å². The largest absolute Gasteiger partial charge is 0.490 e. The maximum absolute atomic E-state index is 12.6. The van der Waals surface area contributed by atoms with Gasteiger partial charge in [0.05, 0.1) is 28.7 Å². The van der Waals surface area contributed by atoms with E-state index in [2.05, 4.69) is 5.32 Å². The first kappa shape index (κ1) is 25.4. The number of rotatable bonds is 10. The van der Waals surface area contributed by atoms with Crippen molar-refractivity contribution >= 4 is 39.2 Å². The highest BCUT2D eigenvalue weighted by atomic mass is 35.5. The molecule has 9 nitrogen and oxygen atoms in total. The van der Waals surface area contributed by atoms with Gasteiger partial charge in [0.25, 0.3) is 5.91 Å². The summed E-state index contributed by atoms with van der Waals surface area (Å²) in [7, 11) is -3.84. The fourth-order valence-corrected chi connectivity index (χ4v) is 3.33. The van der Waals surface area contributed by atoms with Crippen LogP contribution in [0.3, 0.4) is 0 Å². The number of benzene rings is 2. The molecule has 0 aliphatic carbocycles. The zero-order valence-electron chi connectivity index (χ0n) is 17.9. The number of halogens is 1. The normalized spacial score (nSPS) is 12.0. The van der Waals surface area contributed by atoms with Crippen LogP contribution >= 0.6 is 11.6 Å². The van der Waals surface area contributed by atoms with Crippen molar-refractivity contribution in [3.05, 3.63) is 47.0 Å². The van der Waals surface area contributed by atoms with Crippen LogP contribution in [-0.4, -0.2) is 39.6 Å². The number of hydrogen-bond donors (Lipinski definition) is 2. The van der Waals surface area contributed by atoms with Crippen molar-refractivity contribution in [2.75, 3.05) is 18.5 Å². The third-order valence-electron chi connectivity index (χ3n) is 4.10. The molecule has 0 saturated carbocycles. The highest BCUT2D eigenvalue weighted by molar-refractivity contribution is 7.89. The molecular formula is C21H25ClN2O7S. The summed E-state index contributed by atoms with van der Waals surface area (Å²) in [6.07, 6.45) is -0.381. The maximum Gasteiger partial charge on any atom is 0.339 e. The van der Waals surface area contributed by atoms with E-state index >= 15 is 0 Å². The minimum atomic E-state index is -3.84. The Morgan fingerprint density at radius 2 is 1.78 bits per heavy atom. The smallest absolute Gasteiger partial charge is 0.339 e. The number of primary sulfonamides is 1. The molecule has 1 unspecified atom stereocenters. The van der Waals surface area contributed by atoms with Gasteiger partial charge >= 0.3 is 5.97 Å². The van der Waals surface area contributed by atoms with Gasteiger partial charge in [-0.15, -0.1) is 0 Å². The molecule has 0 aliphatic heterocycles. The van der Waals surface area contributed by atoms with Crippen molar-refractivity contribution in [1.29, 1.82) is 0 Å². The SMILES string of the molecule is CCCOc1c(Cl)cc(C(=O)OC(C)C(=O)Nc2ccc(S(N)(=O)=O)cc2)cc1OCC. The average Bonchev–Trinajstić information content (AvgIpc) is 2.72. The molecule has 0 heterocycles. The lowest BCUT2D eigenvalue weighted by molar-refractivity contribution is -0.123. The Bertz CT molecular complexity index is 1070. The number of nitrogens with one attached hydrogen (secondary N) is 1. The molecular weight excluding hydrogens is 460 g/mol. The number of nitrogens with two attached hydrogens (primary N) is 1. The van der Waals surface area contributed by atoms with Gasteiger partial charge in [0.1, 0.15) is 0 Å². The van der Waals surface area contributed by atoms with Gasteiger partial charge in [-0.25, -0.2) is 18.4 Å². The number of carbonyl (C=O) groups is 2. The minimum absolute atomic E-state index is 0.0941. The van der Waals surface area contributed by atoms with Crippen molar-refractivity contribution in [1.82, 2.24) is 0 Å². The third kappa shape index (κ3) is 6.84. The summed E-state index contributed by atoms with van der Waals surface area (Å²) in [5, 5.41) is 7.75. The van der Waals surface area contributed by atoms with Gasteiger partial charge in [-0.2, -0.15) is 0 Å². The first-order chi connectivity index (χ1) is 15.1. The number of sulfonamides is 1. The van der Waals surface area contributed by atoms with Gasteiger partial charge in [0, 0.05) is 5.69 Å². The second kappa shape index (κ2) is 11.2. The van der Waals surface area contributed by atoms with Gasteiger partial charge in [0.15, 0.2) is 17.6 Å². The first-order valence-corrected chi connectivity index (χ1v) is 11.7. The van der Waals surface area contributed by atoms with Crippen molar-refractivity contribution in [3.63, 3.8) is 0 Å². The number of esters is 1. The van der Waals surface area contributed by atoms with E-state index < -0.39 is 28.0 Å². The van der Waals surface area contributed by atoms with Gasteiger partial charge < -0.3 is 19.5 Å². The van der Waals surface area contributed by atoms with Crippen LogP contribution in [0.1, 0.15) is 37.6 Å². The van der Waals surface area contributed by atoms with Crippen LogP contribution in [0.5, 0.6) is 11.5 Å². The molecule has 2 aromatic carbocycles. The van der Waals surface area contributed by atoms with E-state index in [4.69, 9.17) is 31.0 Å². The number of amides is 1. The second-order valence-corrected chi connectivity index (χ2v) is 8.64. The van der Waals surface area contributed by atoms with E-state index in [9.17, 15) is 18.0 Å². The molecule has 0 aliphatic rings. The molecule has 0 radical (unpaired) electrons. The van der Waals surface area contributed by atoms with E-state index in [1.54, 1.807) is 6.92 Å². The van der Waals surface area contributed by atoms with Crippen molar-refractivity contribution in [2.45, 2.75) is 38.2 Å². The summed E-state index contributed by atoms with van der Waals surface area (Å²) in [4.78, 5) is 24.8. The average molecular weight is 485 g/mol. The fraction of sp³-hybridized carbons (Fsp3) is 0.333. The molecule has 174 valence electrons. The quantitative estimate of drug-likeness (QED) is 0.494.